The molecule has 0 spiro atoms. The molecule has 2 heterocycles. The molecule has 0 aromatic heterocycles. The molecular weight excluding hydrogens is 364 g/mol. The molecule has 2 aromatic carbocycles. The van der Waals surface area contributed by atoms with Crippen molar-refractivity contribution < 1.29 is 9.53 Å². The summed E-state index contributed by atoms with van der Waals surface area (Å²) >= 11 is 0. The van der Waals surface area contributed by atoms with Crippen LogP contribution in [0.5, 0.6) is 0 Å². The first-order valence-corrected chi connectivity index (χ1v) is 10.6. The van der Waals surface area contributed by atoms with Gasteiger partial charge in [-0.05, 0) is 36.2 Å². The summed E-state index contributed by atoms with van der Waals surface area (Å²) in [5.41, 5.74) is 4.65. The first kappa shape index (κ1) is 19.6. The van der Waals surface area contributed by atoms with Crippen LogP contribution < -0.4 is 15.1 Å². The Morgan fingerprint density at radius 1 is 0.862 bits per heavy atom. The summed E-state index contributed by atoms with van der Waals surface area (Å²) in [5, 5.41) is 3.03. The number of hydrogen-bond donors (Lipinski definition) is 1. The van der Waals surface area contributed by atoms with E-state index in [2.05, 4.69) is 58.4 Å². The van der Waals surface area contributed by atoms with E-state index >= 15 is 0 Å². The fourth-order valence-corrected chi connectivity index (χ4v) is 3.98. The van der Waals surface area contributed by atoms with Crippen molar-refractivity contribution in [1.29, 1.82) is 0 Å². The lowest BCUT2D eigenvalue weighted by Crippen LogP contribution is -2.50. The second-order valence-corrected chi connectivity index (χ2v) is 7.54. The number of hydrogen-bond acceptors (Lipinski definition) is 4. The largest absolute Gasteiger partial charge is 0.378 e. The van der Waals surface area contributed by atoms with Gasteiger partial charge in [0.05, 0.1) is 24.6 Å². The van der Waals surface area contributed by atoms with Crippen molar-refractivity contribution in [3.05, 3.63) is 54.1 Å². The molecule has 6 heteroatoms. The number of morpholine rings is 1. The topological polar surface area (TPSA) is 48.1 Å². The van der Waals surface area contributed by atoms with E-state index in [0.29, 0.717) is 0 Å². The average molecular weight is 395 g/mol. The van der Waals surface area contributed by atoms with Crippen molar-refractivity contribution in [3.8, 4) is 0 Å². The zero-order chi connectivity index (χ0) is 20.1. The van der Waals surface area contributed by atoms with Gasteiger partial charge in [0.25, 0.3) is 0 Å². The minimum Gasteiger partial charge on any atom is -0.378 e. The maximum Gasteiger partial charge on any atom is 0.321 e. The van der Waals surface area contributed by atoms with Crippen LogP contribution in [0.2, 0.25) is 0 Å². The lowest BCUT2D eigenvalue weighted by Gasteiger charge is -2.39. The van der Waals surface area contributed by atoms with Crippen LogP contribution in [0.1, 0.15) is 12.5 Å². The molecule has 2 saturated heterocycles. The molecule has 6 nitrogen and oxygen atoms in total. The van der Waals surface area contributed by atoms with Gasteiger partial charge >= 0.3 is 6.03 Å². The van der Waals surface area contributed by atoms with Crippen LogP contribution in [0.15, 0.2) is 48.5 Å². The molecule has 2 aromatic rings. The highest BCUT2D eigenvalue weighted by Gasteiger charge is 2.24. The number of urea groups is 1. The van der Waals surface area contributed by atoms with Gasteiger partial charge in [-0.25, -0.2) is 4.79 Å². The minimum atomic E-state index is -0.0182. The van der Waals surface area contributed by atoms with Gasteiger partial charge in [0.1, 0.15) is 0 Å². The fourth-order valence-electron chi connectivity index (χ4n) is 3.98. The van der Waals surface area contributed by atoms with E-state index in [1.807, 2.05) is 17.0 Å². The Morgan fingerprint density at radius 2 is 1.45 bits per heavy atom. The molecule has 0 unspecified atom stereocenters. The van der Waals surface area contributed by atoms with Gasteiger partial charge in [-0.3, -0.25) is 0 Å². The molecule has 2 aliphatic rings. The highest BCUT2D eigenvalue weighted by atomic mass is 16.5. The van der Waals surface area contributed by atoms with Gasteiger partial charge in [0, 0.05) is 45.0 Å². The smallest absolute Gasteiger partial charge is 0.321 e. The molecule has 0 aliphatic carbocycles. The van der Waals surface area contributed by atoms with Crippen LogP contribution in [0, 0.1) is 0 Å². The van der Waals surface area contributed by atoms with Crippen LogP contribution >= 0.6 is 0 Å². The lowest BCUT2D eigenvalue weighted by atomic mass is 10.1. The third kappa shape index (κ3) is 4.65. The van der Waals surface area contributed by atoms with Gasteiger partial charge in [-0.2, -0.15) is 0 Å². The van der Waals surface area contributed by atoms with E-state index < -0.39 is 0 Å². The van der Waals surface area contributed by atoms with E-state index in [1.165, 1.54) is 16.9 Å². The van der Waals surface area contributed by atoms with Crippen molar-refractivity contribution in [2.75, 3.05) is 67.6 Å². The first-order valence-electron chi connectivity index (χ1n) is 10.6. The average Bonchev–Trinajstić information content (AvgIpc) is 2.80. The van der Waals surface area contributed by atoms with Crippen molar-refractivity contribution in [1.82, 2.24) is 4.90 Å². The van der Waals surface area contributed by atoms with Gasteiger partial charge < -0.3 is 24.8 Å². The third-order valence-corrected chi connectivity index (χ3v) is 5.75. The zero-order valence-corrected chi connectivity index (χ0v) is 17.1. The predicted molar refractivity (Wildman–Crippen MR) is 118 cm³/mol. The number of aryl methyl sites for hydroxylation is 1. The fraction of sp³-hybridized carbons (Fsp3) is 0.435. The summed E-state index contributed by atoms with van der Waals surface area (Å²) in [7, 11) is 0. The van der Waals surface area contributed by atoms with E-state index in [1.54, 1.807) is 0 Å². The molecule has 29 heavy (non-hydrogen) atoms. The number of benzene rings is 2. The summed E-state index contributed by atoms with van der Waals surface area (Å²) < 4.78 is 5.50. The van der Waals surface area contributed by atoms with Gasteiger partial charge in [-0.1, -0.05) is 31.2 Å². The number of amides is 2. The molecule has 0 saturated carbocycles. The zero-order valence-electron chi connectivity index (χ0n) is 17.1. The Kier molecular flexibility index (Phi) is 6.20. The molecule has 0 radical (unpaired) electrons. The Hall–Kier alpha value is -2.73. The maximum atomic E-state index is 12.7. The van der Waals surface area contributed by atoms with Crippen LogP contribution in [-0.4, -0.2) is 63.4 Å². The molecule has 154 valence electrons. The summed E-state index contributed by atoms with van der Waals surface area (Å²) in [6, 6.07) is 16.6. The first-order chi connectivity index (χ1) is 14.2. The van der Waals surface area contributed by atoms with Crippen molar-refractivity contribution in [2.24, 2.45) is 0 Å². The number of piperazine rings is 1. The highest BCUT2D eigenvalue weighted by Crippen LogP contribution is 2.30. The Bertz CT molecular complexity index is 810. The number of rotatable bonds is 4. The van der Waals surface area contributed by atoms with Crippen LogP contribution in [0.3, 0.4) is 0 Å². The monoisotopic (exact) mass is 394 g/mol. The van der Waals surface area contributed by atoms with E-state index in [4.69, 9.17) is 4.74 Å². The van der Waals surface area contributed by atoms with Crippen LogP contribution in [-0.2, 0) is 11.2 Å². The molecule has 2 fully saturated rings. The quantitative estimate of drug-likeness (QED) is 0.863. The number of anilines is 3. The number of nitrogens with one attached hydrogen (secondary N) is 1. The van der Waals surface area contributed by atoms with E-state index in [0.717, 1.165) is 64.6 Å². The summed E-state index contributed by atoms with van der Waals surface area (Å²) in [4.78, 5) is 19.4. The molecule has 4 rings (SSSR count). The SMILES string of the molecule is CCc1ccc(NC(=O)N2CCN(c3ccccc3N3CCOCC3)CC2)cc1. The maximum absolute atomic E-state index is 12.7. The molecular formula is C23H30N4O2. The number of carbonyl (C=O) groups is 1. The normalized spacial score (nSPS) is 17.3. The van der Waals surface area contributed by atoms with Gasteiger partial charge in [-0.15, -0.1) is 0 Å². The number of nitrogens with zero attached hydrogens (tertiary/aromatic N) is 3. The Labute approximate surface area is 173 Å². The molecule has 0 bridgehead atoms. The van der Waals surface area contributed by atoms with Crippen LogP contribution in [0.25, 0.3) is 0 Å². The minimum absolute atomic E-state index is 0.0182. The summed E-state index contributed by atoms with van der Waals surface area (Å²) in [6.45, 7) is 8.65. The number of carbonyl (C=O) groups excluding carboxylic acids is 1. The molecule has 1 N–H and O–H groups in total. The second kappa shape index (κ2) is 9.18. The molecule has 0 atom stereocenters. The van der Waals surface area contributed by atoms with Crippen molar-refractivity contribution in [2.45, 2.75) is 13.3 Å². The molecule has 2 amide bonds. The highest BCUT2D eigenvalue weighted by molar-refractivity contribution is 5.89. The summed E-state index contributed by atoms with van der Waals surface area (Å²) in [6.07, 6.45) is 1.00. The van der Waals surface area contributed by atoms with Gasteiger partial charge in [0.2, 0.25) is 0 Å². The lowest BCUT2D eigenvalue weighted by molar-refractivity contribution is 0.122. The van der Waals surface area contributed by atoms with Crippen LogP contribution in [0.4, 0.5) is 21.9 Å². The Balaban J connectivity index is 1.36. The standard InChI is InChI=1S/C23H30N4O2/c1-2-19-7-9-20(10-8-19)24-23(28)27-13-11-25(12-14-27)21-5-3-4-6-22(21)26-15-17-29-18-16-26/h3-10H,2,11-18H2,1H3,(H,24,28). The molecule has 2 aliphatic heterocycles. The predicted octanol–water partition coefficient (Wildman–Crippen LogP) is 3.44. The van der Waals surface area contributed by atoms with Crippen molar-refractivity contribution in [3.63, 3.8) is 0 Å². The van der Waals surface area contributed by atoms with Crippen molar-refractivity contribution >= 4 is 23.1 Å². The number of para-hydroxylation sites is 2. The Morgan fingerprint density at radius 3 is 2.03 bits per heavy atom. The van der Waals surface area contributed by atoms with E-state index in [-0.39, 0.29) is 6.03 Å². The van der Waals surface area contributed by atoms with Gasteiger partial charge in [0.15, 0.2) is 0 Å². The van der Waals surface area contributed by atoms with E-state index in [9.17, 15) is 4.79 Å². The summed E-state index contributed by atoms with van der Waals surface area (Å²) in [5.74, 6) is 0. The third-order valence-electron chi connectivity index (χ3n) is 5.75. The second-order valence-electron chi connectivity index (χ2n) is 7.54. The number of ether oxygens (including phenoxy) is 1.